The molecule has 0 spiro atoms. The highest BCUT2D eigenvalue weighted by atomic mass is 15.1. The maximum atomic E-state index is 6.09. The van der Waals surface area contributed by atoms with Crippen LogP contribution in [0.25, 0.3) is 11.1 Å². The molecule has 0 unspecified atom stereocenters. The number of nitrogens with two attached hydrogens (primary N) is 2. The number of nitrogen functional groups attached to an aromatic ring is 2. The minimum Gasteiger partial charge on any atom is -0.397 e. The van der Waals surface area contributed by atoms with Crippen molar-refractivity contribution < 1.29 is 0 Å². The van der Waals surface area contributed by atoms with E-state index in [1.54, 1.807) is 0 Å². The van der Waals surface area contributed by atoms with Gasteiger partial charge in [0.2, 0.25) is 0 Å². The highest BCUT2D eigenvalue weighted by molar-refractivity contribution is 5.81. The van der Waals surface area contributed by atoms with E-state index in [1.165, 1.54) is 22.3 Å². The number of fused-ring (bicyclic) bond motifs is 1. The van der Waals surface area contributed by atoms with Gasteiger partial charge in [0.15, 0.2) is 0 Å². The lowest BCUT2D eigenvalue weighted by Crippen LogP contribution is -2.08. The number of nitrogens with zero attached hydrogens (tertiary/aromatic N) is 1. The first-order valence-corrected chi connectivity index (χ1v) is 6.10. The van der Waals surface area contributed by atoms with Gasteiger partial charge in [-0.05, 0) is 35.4 Å². The molecule has 92 valence electrons. The molecule has 0 aliphatic carbocycles. The fraction of sp³-hybridized carbons (Fsp3) is 0.200. The van der Waals surface area contributed by atoms with E-state index in [1.807, 2.05) is 24.3 Å². The largest absolute Gasteiger partial charge is 0.397 e. The van der Waals surface area contributed by atoms with Crippen LogP contribution in [0, 0.1) is 0 Å². The van der Waals surface area contributed by atoms with Gasteiger partial charge in [-0.3, -0.25) is 4.90 Å². The Morgan fingerprint density at radius 1 is 1.00 bits per heavy atom. The lowest BCUT2D eigenvalue weighted by atomic mass is 9.95. The van der Waals surface area contributed by atoms with E-state index in [4.69, 9.17) is 11.5 Å². The molecule has 0 saturated heterocycles. The summed E-state index contributed by atoms with van der Waals surface area (Å²) < 4.78 is 0. The number of hydrogen-bond acceptors (Lipinski definition) is 3. The summed E-state index contributed by atoms with van der Waals surface area (Å²) in [6.07, 6.45) is 0. The Morgan fingerprint density at radius 2 is 1.67 bits per heavy atom. The zero-order chi connectivity index (χ0) is 12.7. The predicted molar refractivity (Wildman–Crippen MR) is 75.9 cm³/mol. The van der Waals surface area contributed by atoms with Gasteiger partial charge in [0, 0.05) is 13.1 Å². The molecule has 0 saturated carbocycles. The number of hydrogen-bond donors (Lipinski definition) is 2. The molecular weight excluding hydrogens is 222 g/mol. The minimum absolute atomic E-state index is 0.683. The average Bonchev–Trinajstić information content (AvgIpc) is 2.77. The van der Waals surface area contributed by atoms with Crippen molar-refractivity contribution in [2.24, 2.45) is 0 Å². The summed E-state index contributed by atoms with van der Waals surface area (Å²) in [4.78, 5) is 2.26. The van der Waals surface area contributed by atoms with Crippen LogP contribution in [0.1, 0.15) is 11.1 Å². The monoisotopic (exact) mass is 239 g/mol. The van der Waals surface area contributed by atoms with Crippen molar-refractivity contribution in [1.29, 1.82) is 0 Å². The molecule has 0 aromatic heterocycles. The van der Waals surface area contributed by atoms with Crippen molar-refractivity contribution in [3.8, 4) is 11.1 Å². The van der Waals surface area contributed by atoms with Crippen molar-refractivity contribution in [1.82, 2.24) is 4.90 Å². The van der Waals surface area contributed by atoms with Gasteiger partial charge in [0.05, 0.1) is 11.4 Å². The molecule has 1 aliphatic heterocycles. The Morgan fingerprint density at radius 3 is 2.39 bits per heavy atom. The van der Waals surface area contributed by atoms with E-state index < -0.39 is 0 Å². The second-order valence-electron chi connectivity index (χ2n) is 4.92. The van der Waals surface area contributed by atoms with Crippen molar-refractivity contribution in [2.75, 3.05) is 18.5 Å². The second-order valence-corrected chi connectivity index (χ2v) is 4.92. The summed E-state index contributed by atoms with van der Waals surface area (Å²) >= 11 is 0. The van der Waals surface area contributed by atoms with Crippen LogP contribution in [0.3, 0.4) is 0 Å². The number of benzene rings is 2. The van der Waals surface area contributed by atoms with Crippen LogP contribution in [-0.4, -0.2) is 11.9 Å². The molecule has 4 N–H and O–H groups in total. The molecule has 0 atom stereocenters. The van der Waals surface area contributed by atoms with Crippen molar-refractivity contribution in [3.05, 3.63) is 47.5 Å². The molecule has 0 fully saturated rings. The third-order valence-electron chi connectivity index (χ3n) is 3.57. The molecule has 3 rings (SSSR count). The Kier molecular flexibility index (Phi) is 2.49. The van der Waals surface area contributed by atoms with E-state index in [-0.39, 0.29) is 0 Å². The molecule has 2 aromatic carbocycles. The molecule has 3 heteroatoms. The molecular formula is C15H17N3. The zero-order valence-corrected chi connectivity index (χ0v) is 10.5. The molecule has 0 bridgehead atoms. The summed E-state index contributed by atoms with van der Waals surface area (Å²) in [5.74, 6) is 0. The maximum Gasteiger partial charge on any atom is 0.0597 e. The van der Waals surface area contributed by atoms with Crippen LogP contribution in [0.5, 0.6) is 0 Å². The summed E-state index contributed by atoms with van der Waals surface area (Å²) in [5, 5.41) is 0. The normalized spacial score (nSPS) is 14.7. The summed E-state index contributed by atoms with van der Waals surface area (Å²) in [6, 6.07) is 12.4. The molecule has 0 amide bonds. The number of rotatable bonds is 1. The molecule has 2 aromatic rings. The molecule has 3 nitrogen and oxygen atoms in total. The minimum atomic E-state index is 0.683. The third-order valence-corrected chi connectivity index (χ3v) is 3.57. The van der Waals surface area contributed by atoms with Crippen molar-refractivity contribution in [3.63, 3.8) is 0 Å². The predicted octanol–water partition coefficient (Wildman–Crippen LogP) is 2.46. The Hall–Kier alpha value is -2.00. The smallest absolute Gasteiger partial charge is 0.0597 e. The van der Waals surface area contributed by atoms with E-state index in [9.17, 15) is 0 Å². The fourth-order valence-electron chi connectivity index (χ4n) is 2.65. The maximum absolute atomic E-state index is 6.09. The highest BCUT2D eigenvalue weighted by Gasteiger charge is 2.23. The molecule has 1 heterocycles. The molecule has 0 radical (unpaired) electrons. The first-order valence-electron chi connectivity index (χ1n) is 6.10. The van der Waals surface area contributed by atoms with E-state index in [0.29, 0.717) is 5.69 Å². The van der Waals surface area contributed by atoms with Gasteiger partial charge >= 0.3 is 0 Å². The SMILES string of the molecule is CN1Cc2c(-c3ccccc3)cc(N)c(N)c2C1. The van der Waals surface area contributed by atoms with Crippen LogP contribution < -0.4 is 11.5 Å². The van der Waals surface area contributed by atoms with Crippen molar-refractivity contribution >= 4 is 11.4 Å². The highest BCUT2D eigenvalue weighted by Crippen LogP contribution is 2.38. The lowest BCUT2D eigenvalue weighted by molar-refractivity contribution is 0.353. The van der Waals surface area contributed by atoms with E-state index >= 15 is 0 Å². The topological polar surface area (TPSA) is 55.3 Å². The van der Waals surface area contributed by atoms with Gasteiger partial charge in [0.25, 0.3) is 0 Å². The van der Waals surface area contributed by atoms with Crippen LogP contribution in [0.2, 0.25) is 0 Å². The molecule has 1 aliphatic rings. The van der Waals surface area contributed by atoms with Crippen molar-refractivity contribution in [2.45, 2.75) is 13.1 Å². The van der Waals surface area contributed by atoms with Crippen LogP contribution >= 0.6 is 0 Å². The average molecular weight is 239 g/mol. The molecule has 18 heavy (non-hydrogen) atoms. The lowest BCUT2D eigenvalue weighted by Gasteiger charge is -2.12. The van der Waals surface area contributed by atoms with Gasteiger partial charge in [0.1, 0.15) is 0 Å². The summed E-state index contributed by atoms with van der Waals surface area (Å²) in [7, 11) is 2.10. The van der Waals surface area contributed by atoms with Gasteiger partial charge in [-0.1, -0.05) is 30.3 Å². The van der Waals surface area contributed by atoms with Gasteiger partial charge in [-0.2, -0.15) is 0 Å². The second kappa shape index (κ2) is 4.03. The summed E-state index contributed by atoms with van der Waals surface area (Å²) in [6.45, 7) is 1.82. The van der Waals surface area contributed by atoms with Crippen LogP contribution in [0.15, 0.2) is 36.4 Å². The first kappa shape index (κ1) is 11.1. The quantitative estimate of drug-likeness (QED) is 0.752. The Labute approximate surface area is 107 Å². The Balaban J connectivity index is 2.23. The van der Waals surface area contributed by atoms with Gasteiger partial charge in [-0.15, -0.1) is 0 Å². The zero-order valence-electron chi connectivity index (χ0n) is 10.5. The standard InChI is InChI=1S/C15H17N3/c1-18-8-12-11(10-5-3-2-4-6-10)7-14(16)15(17)13(12)9-18/h2-7H,8-9,16-17H2,1H3. The first-order chi connectivity index (χ1) is 8.66. The number of anilines is 2. The Bertz CT molecular complexity index is 590. The van der Waals surface area contributed by atoms with E-state index in [0.717, 1.165) is 18.8 Å². The fourth-order valence-corrected chi connectivity index (χ4v) is 2.65. The van der Waals surface area contributed by atoms with Crippen LogP contribution in [0.4, 0.5) is 11.4 Å². The van der Waals surface area contributed by atoms with Crippen LogP contribution in [-0.2, 0) is 13.1 Å². The van der Waals surface area contributed by atoms with Gasteiger partial charge in [-0.25, -0.2) is 0 Å². The van der Waals surface area contributed by atoms with Gasteiger partial charge < -0.3 is 11.5 Å². The van der Waals surface area contributed by atoms with E-state index in [2.05, 4.69) is 24.1 Å². The summed E-state index contributed by atoms with van der Waals surface area (Å²) in [5.41, 5.74) is 18.5. The third kappa shape index (κ3) is 1.64.